The fourth-order valence-electron chi connectivity index (χ4n) is 1.56. The van der Waals surface area contributed by atoms with Crippen LogP contribution >= 0.6 is 0 Å². The molecule has 0 spiro atoms. The van der Waals surface area contributed by atoms with Gasteiger partial charge in [-0.05, 0) is 36.6 Å². The van der Waals surface area contributed by atoms with Crippen LogP contribution in [0.25, 0.3) is 0 Å². The summed E-state index contributed by atoms with van der Waals surface area (Å²) in [6, 6.07) is 3.96. The third kappa shape index (κ3) is 2.05. The molecule has 78 valence electrons. The molecule has 0 aliphatic heterocycles. The van der Waals surface area contributed by atoms with Gasteiger partial charge in [-0.2, -0.15) is 0 Å². The minimum atomic E-state index is -0.0837. The number of ether oxygens (including phenoxy) is 1. The zero-order valence-corrected chi connectivity index (χ0v) is 9.00. The highest BCUT2D eigenvalue weighted by molar-refractivity contribution is 5.42. The molecule has 14 heavy (non-hydrogen) atoms. The Morgan fingerprint density at radius 3 is 2.43 bits per heavy atom. The summed E-state index contributed by atoms with van der Waals surface area (Å²) in [7, 11) is 1.67. The summed E-state index contributed by atoms with van der Waals surface area (Å²) < 4.78 is 5.22. The molecule has 0 radical (unpaired) electrons. The van der Waals surface area contributed by atoms with E-state index in [4.69, 9.17) is 16.2 Å². The molecule has 0 saturated carbocycles. The summed E-state index contributed by atoms with van der Waals surface area (Å²) in [5.41, 5.74) is 14.8. The lowest BCUT2D eigenvalue weighted by Crippen LogP contribution is -2.21. The van der Waals surface area contributed by atoms with Crippen LogP contribution in [0.3, 0.4) is 0 Å². The molecule has 1 aromatic rings. The minimum Gasteiger partial charge on any atom is -0.496 e. The number of benzene rings is 1. The summed E-state index contributed by atoms with van der Waals surface area (Å²) in [4.78, 5) is 0. The third-order valence-corrected chi connectivity index (χ3v) is 2.44. The van der Waals surface area contributed by atoms with Crippen molar-refractivity contribution in [3.05, 3.63) is 28.8 Å². The maximum absolute atomic E-state index is 5.89. The van der Waals surface area contributed by atoms with E-state index < -0.39 is 0 Å². The number of methoxy groups -OCH3 is 1. The van der Waals surface area contributed by atoms with Gasteiger partial charge in [0.25, 0.3) is 0 Å². The molecule has 0 fully saturated rings. The van der Waals surface area contributed by atoms with E-state index in [0.717, 1.165) is 22.4 Å². The largest absolute Gasteiger partial charge is 0.496 e. The topological polar surface area (TPSA) is 61.3 Å². The molecule has 0 bridgehead atoms. The second-order valence-electron chi connectivity index (χ2n) is 3.52. The fourth-order valence-corrected chi connectivity index (χ4v) is 1.56. The Balaban J connectivity index is 3.14. The van der Waals surface area contributed by atoms with Gasteiger partial charge in [-0.15, -0.1) is 0 Å². The first-order valence-electron chi connectivity index (χ1n) is 4.71. The van der Waals surface area contributed by atoms with Crippen LogP contribution in [0.2, 0.25) is 0 Å². The maximum Gasteiger partial charge on any atom is 0.122 e. The zero-order chi connectivity index (χ0) is 10.7. The zero-order valence-electron chi connectivity index (χ0n) is 9.00. The van der Waals surface area contributed by atoms with Crippen molar-refractivity contribution in [2.24, 2.45) is 11.5 Å². The summed E-state index contributed by atoms with van der Waals surface area (Å²) in [5.74, 6) is 0.899. The minimum absolute atomic E-state index is 0.0837. The van der Waals surface area contributed by atoms with Gasteiger partial charge in [-0.25, -0.2) is 0 Å². The normalized spacial score (nSPS) is 12.6. The second-order valence-corrected chi connectivity index (χ2v) is 3.52. The van der Waals surface area contributed by atoms with E-state index in [2.05, 4.69) is 0 Å². The lowest BCUT2D eigenvalue weighted by Gasteiger charge is -2.15. The standard InChI is InChI=1S/C11H18N2O/c1-7-5-11(14-3)8(2)4-9(7)10(13)6-12/h4-5,10H,6,12-13H2,1-3H3. The number of hydrogen-bond acceptors (Lipinski definition) is 3. The van der Waals surface area contributed by atoms with Crippen LogP contribution in [-0.2, 0) is 0 Å². The van der Waals surface area contributed by atoms with Crippen molar-refractivity contribution in [3.63, 3.8) is 0 Å². The molecule has 4 N–H and O–H groups in total. The Morgan fingerprint density at radius 2 is 1.93 bits per heavy atom. The highest BCUT2D eigenvalue weighted by Gasteiger charge is 2.09. The van der Waals surface area contributed by atoms with Gasteiger partial charge in [0.05, 0.1) is 7.11 Å². The number of rotatable bonds is 3. The van der Waals surface area contributed by atoms with E-state index in [0.29, 0.717) is 6.54 Å². The van der Waals surface area contributed by atoms with Gasteiger partial charge in [-0.1, -0.05) is 6.07 Å². The van der Waals surface area contributed by atoms with Gasteiger partial charge in [0.15, 0.2) is 0 Å². The monoisotopic (exact) mass is 194 g/mol. The van der Waals surface area contributed by atoms with E-state index in [-0.39, 0.29) is 6.04 Å². The van der Waals surface area contributed by atoms with Crippen molar-refractivity contribution in [2.45, 2.75) is 19.9 Å². The van der Waals surface area contributed by atoms with Crippen LogP contribution in [0.5, 0.6) is 5.75 Å². The first kappa shape index (κ1) is 11.0. The Morgan fingerprint density at radius 1 is 1.29 bits per heavy atom. The molecule has 0 amide bonds. The van der Waals surface area contributed by atoms with Gasteiger partial charge in [-0.3, -0.25) is 0 Å². The van der Waals surface area contributed by atoms with Gasteiger partial charge < -0.3 is 16.2 Å². The lowest BCUT2D eigenvalue weighted by molar-refractivity contribution is 0.411. The molecule has 0 aliphatic carbocycles. The molecule has 0 saturated heterocycles. The average molecular weight is 194 g/mol. The number of hydrogen-bond donors (Lipinski definition) is 2. The Labute approximate surface area is 85.0 Å². The van der Waals surface area contributed by atoms with E-state index >= 15 is 0 Å². The SMILES string of the molecule is COc1cc(C)c(C(N)CN)cc1C. The lowest BCUT2D eigenvalue weighted by atomic mass is 9.99. The Kier molecular flexibility index (Phi) is 3.49. The highest BCUT2D eigenvalue weighted by atomic mass is 16.5. The highest BCUT2D eigenvalue weighted by Crippen LogP contribution is 2.25. The van der Waals surface area contributed by atoms with Crippen molar-refractivity contribution in [2.75, 3.05) is 13.7 Å². The first-order valence-corrected chi connectivity index (χ1v) is 4.71. The average Bonchev–Trinajstić information content (AvgIpc) is 2.19. The summed E-state index contributed by atoms with van der Waals surface area (Å²) in [6.07, 6.45) is 0. The Bertz CT molecular complexity index is 323. The van der Waals surface area contributed by atoms with Crippen LogP contribution in [0.1, 0.15) is 22.7 Å². The van der Waals surface area contributed by atoms with Crippen LogP contribution < -0.4 is 16.2 Å². The van der Waals surface area contributed by atoms with Crippen LogP contribution in [0, 0.1) is 13.8 Å². The molecule has 3 heteroatoms. The van der Waals surface area contributed by atoms with Crippen molar-refractivity contribution in [3.8, 4) is 5.75 Å². The first-order chi connectivity index (χ1) is 6.60. The van der Waals surface area contributed by atoms with Crippen LogP contribution in [0.15, 0.2) is 12.1 Å². The summed E-state index contributed by atoms with van der Waals surface area (Å²) in [5, 5.41) is 0. The Hall–Kier alpha value is -1.06. The van der Waals surface area contributed by atoms with Crippen molar-refractivity contribution < 1.29 is 4.74 Å². The van der Waals surface area contributed by atoms with Gasteiger partial charge in [0.2, 0.25) is 0 Å². The molecule has 1 aromatic carbocycles. The predicted octanol–water partition coefficient (Wildman–Crippen LogP) is 1.27. The summed E-state index contributed by atoms with van der Waals surface area (Å²) >= 11 is 0. The smallest absolute Gasteiger partial charge is 0.122 e. The van der Waals surface area contributed by atoms with E-state index in [9.17, 15) is 0 Å². The van der Waals surface area contributed by atoms with E-state index in [1.807, 2.05) is 26.0 Å². The van der Waals surface area contributed by atoms with Gasteiger partial charge >= 0.3 is 0 Å². The van der Waals surface area contributed by atoms with E-state index in [1.54, 1.807) is 7.11 Å². The molecule has 1 rings (SSSR count). The molecule has 0 aliphatic rings. The summed E-state index contributed by atoms with van der Waals surface area (Å²) in [6.45, 7) is 4.49. The molecule has 1 unspecified atom stereocenters. The molecule has 3 nitrogen and oxygen atoms in total. The fraction of sp³-hybridized carbons (Fsp3) is 0.455. The molecule has 1 atom stereocenters. The van der Waals surface area contributed by atoms with Crippen molar-refractivity contribution in [1.82, 2.24) is 0 Å². The quantitative estimate of drug-likeness (QED) is 0.761. The maximum atomic E-state index is 5.89. The predicted molar refractivity (Wildman–Crippen MR) is 58.5 cm³/mol. The molecule has 0 heterocycles. The second kappa shape index (κ2) is 4.44. The van der Waals surface area contributed by atoms with Crippen LogP contribution in [-0.4, -0.2) is 13.7 Å². The van der Waals surface area contributed by atoms with Gasteiger partial charge in [0.1, 0.15) is 5.75 Å². The van der Waals surface area contributed by atoms with Crippen molar-refractivity contribution in [1.29, 1.82) is 0 Å². The molecule has 0 aromatic heterocycles. The third-order valence-electron chi connectivity index (χ3n) is 2.44. The van der Waals surface area contributed by atoms with E-state index in [1.165, 1.54) is 0 Å². The van der Waals surface area contributed by atoms with Gasteiger partial charge in [0, 0.05) is 12.6 Å². The van der Waals surface area contributed by atoms with Crippen LogP contribution in [0.4, 0.5) is 0 Å². The number of nitrogens with two attached hydrogens (primary N) is 2. The molecular weight excluding hydrogens is 176 g/mol. The number of aryl methyl sites for hydroxylation is 2. The molecular formula is C11H18N2O. The van der Waals surface area contributed by atoms with Crippen molar-refractivity contribution >= 4 is 0 Å².